The van der Waals surface area contributed by atoms with Crippen molar-refractivity contribution >= 4 is 5.91 Å². The van der Waals surface area contributed by atoms with Gasteiger partial charge in [-0.3, -0.25) is 4.79 Å². The van der Waals surface area contributed by atoms with Gasteiger partial charge in [-0.25, -0.2) is 4.39 Å². The molecule has 0 aliphatic rings. The Bertz CT molecular complexity index is 379. The standard InChI is InChI=1S/C12H17FN2O/c1-8(6-14)7-15-12(16)10-3-4-11(13)9(2)5-10/h3-5,8H,6-7,14H2,1-2H3,(H,15,16). The van der Waals surface area contributed by atoms with Crippen molar-refractivity contribution in [3.8, 4) is 0 Å². The summed E-state index contributed by atoms with van der Waals surface area (Å²) >= 11 is 0. The predicted molar refractivity (Wildman–Crippen MR) is 61.7 cm³/mol. The summed E-state index contributed by atoms with van der Waals surface area (Å²) in [7, 11) is 0. The Morgan fingerprint density at radius 2 is 2.25 bits per heavy atom. The molecule has 0 bridgehead atoms. The number of hydrogen-bond donors (Lipinski definition) is 2. The lowest BCUT2D eigenvalue weighted by molar-refractivity contribution is 0.0948. The summed E-state index contributed by atoms with van der Waals surface area (Å²) in [6, 6.07) is 4.32. The van der Waals surface area contributed by atoms with Gasteiger partial charge >= 0.3 is 0 Å². The molecule has 0 spiro atoms. The van der Waals surface area contributed by atoms with E-state index in [1.54, 1.807) is 6.92 Å². The average Bonchev–Trinajstić information content (AvgIpc) is 2.29. The van der Waals surface area contributed by atoms with Crippen molar-refractivity contribution in [3.63, 3.8) is 0 Å². The van der Waals surface area contributed by atoms with E-state index in [4.69, 9.17) is 5.73 Å². The van der Waals surface area contributed by atoms with Crippen LogP contribution in [-0.4, -0.2) is 19.0 Å². The van der Waals surface area contributed by atoms with E-state index in [0.717, 1.165) is 0 Å². The van der Waals surface area contributed by atoms with E-state index in [2.05, 4.69) is 5.32 Å². The van der Waals surface area contributed by atoms with Gasteiger partial charge in [0, 0.05) is 12.1 Å². The van der Waals surface area contributed by atoms with Crippen LogP contribution in [0.5, 0.6) is 0 Å². The molecule has 0 aliphatic carbocycles. The molecule has 88 valence electrons. The molecule has 1 rings (SSSR count). The van der Waals surface area contributed by atoms with Crippen LogP contribution >= 0.6 is 0 Å². The van der Waals surface area contributed by atoms with Crippen molar-refractivity contribution in [2.45, 2.75) is 13.8 Å². The molecule has 0 aliphatic heterocycles. The van der Waals surface area contributed by atoms with Crippen LogP contribution in [0, 0.1) is 18.7 Å². The topological polar surface area (TPSA) is 55.1 Å². The third-order valence-corrected chi connectivity index (χ3v) is 2.43. The Morgan fingerprint density at radius 3 is 2.81 bits per heavy atom. The Hall–Kier alpha value is -1.42. The molecule has 0 radical (unpaired) electrons. The first kappa shape index (κ1) is 12.6. The average molecular weight is 224 g/mol. The molecule has 1 amide bonds. The van der Waals surface area contributed by atoms with Gasteiger partial charge in [0.2, 0.25) is 0 Å². The number of nitrogens with two attached hydrogens (primary N) is 1. The minimum absolute atomic E-state index is 0.191. The Balaban J connectivity index is 2.63. The normalized spacial score (nSPS) is 12.2. The summed E-state index contributed by atoms with van der Waals surface area (Å²) in [4.78, 5) is 11.7. The largest absolute Gasteiger partial charge is 0.352 e. The first-order chi connectivity index (χ1) is 7.54. The smallest absolute Gasteiger partial charge is 0.251 e. The molecule has 0 saturated carbocycles. The molecule has 4 heteroatoms. The number of hydrogen-bond acceptors (Lipinski definition) is 2. The molecule has 3 N–H and O–H groups in total. The molecule has 1 atom stereocenters. The Kier molecular flexibility index (Phi) is 4.43. The van der Waals surface area contributed by atoms with Crippen molar-refractivity contribution in [1.82, 2.24) is 5.32 Å². The highest BCUT2D eigenvalue weighted by atomic mass is 19.1. The van der Waals surface area contributed by atoms with Crippen LogP contribution in [0.4, 0.5) is 4.39 Å². The Labute approximate surface area is 94.8 Å². The molecule has 0 fully saturated rings. The van der Waals surface area contributed by atoms with E-state index >= 15 is 0 Å². The van der Waals surface area contributed by atoms with Crippen molar-refractivity contribution in [2.75, 3.05) is 13.1 Å². The maximum Gasteiger partial charge on any atom is 0.251 e. The van der Waals surface area contributed by atoms with Crippen LogP contribution in [0.3, 0.4) is 0 Å². The summed E-state index contributed by atoms with van der Waals surface area (Å²) in [5.74, 6) is -0.249. The van der Waals surface area contributed by atoms with Gasteiger partial charge in [0.1, 0.15) is 5.82 Å². The third-order valence-electron chi connectivity index (χ3n) is 2.43. The van der Waals surface area contributed by atoms with Crippen molar-refractivity contribution in [2.24, 2.45) is 11.7 Å². The van der Waals surface area contributed by atoms with E-state index in [1.165, 1.54) is 18.2 Å². The van der Waals surface area contributed by atoms with Crippen LogP contribution in [-0.2, 0) is 0 Å². The fourth-order valence-electron chi connectivity index (χ4n) is 1.24. The molecule has 0 heterocycles. The molecular weight excluding hydrogens is 207 g/mol. The monoisotopic (exact) mass is 224 g/mol. The van der Waals surface area contributed by atoms with Gasteiger partial charge in [0.05, 0.1) is 0 Å². The minimum atomic E-state index is -0.299. The molecular formula is C12H17FN2O. The molecule has 0 aromatic heterocycles. The van der Waals surface area contributed by atoms with Gasteiger partial charge in [0.15, 0.2) is 0 Å². The van der Waals surface area contributed by atoms with Gasteiger partial charge in [0.25, 0.3) is 5.91 Å². The second kappa shape index (κ2) is 5.61. The number of rotatable bonds is 4. The van der Waals surface area contributed by atoms with Gasteiger partial charge in [-0.15, -0.1) is 0 Å². The Morgan fingerprint density at radius 1 is 1.56 bits per heavy atom. The van der Waals surface area contributed by atoms with E-state index in [-0.39, 0.29) is 17.6 Å². The van der Waals surface area contributed by atoms with E-state index in [1.807, 2.05) is 6.92 Å². The number of nitrogens with one attached hydrogen (secondary N) is 1. The SMILES string of the molecule is Cc1cc(C(=O)NCC(C)CN)ccc1F. The lowest BCUT2D eigenvalue weighted by Gasteiger charge is -2.10. The third kappa shape index (κ3) is 3.31. The molecule has 16 heavy (non-hydrogen) atoms. The summed E-state index contributed by atoms with van der Waals surface area (Å²) in [5, 5.41) is 2.75. The van der Waals surface area contributed by atoms with Gasteiger partial charge < -0.3 is 11.1 Å². The van der Waals surface area contributed by atoms with Gasteiger partial charge in [-0.1, -0.05) is 6.92 Å². The second-order valence-corrected chi connectivity index (χ2v) is 4.01. The molecule has 1 aromatic rings. The molecule has 3 nitrogen and oxygen atoms in total. The van der Waals surface area contributed by atoms with Gasteiger partial charge in [-0.2, -0.15) is 0 Å². The molecule has 1 aromatic carbocycles. The minimum Gasteiger partial charge on any atom is -0.352 e. The van der Waals surface area contributed by atoms with Crippen LogP contribution in [0.2, 0.25) is 0 Å². The summed E-state index contributed by atoms with van der Waals surface area (Å²) < 4.78 is 13.0. The zero-order valence-electron chi connectivity index (χ0n) is 9.59. The van der Waals surface area contributed by atoms with Crippen LogP contribution < -0.4 is 11.1 Å². The lowest BCUT2D eigenvalue weighted by atomic mass is 10.1. The van der Waals surface area contributed by atoms with Crippen molar-refractivity contribution in [3.05, 3.63) is 35.1 Å². The van der Waals surface area contributed by atoms with Crippen LogP contribution in [0.15, 0.2) is 18.2 Å². The maximum absolute atomic E-state index is 13.0. The van der Waals surface area contributed by atoms with Crippen molar-refractivity contribution in [1.29, 1.82) is 0 Å². The second-order valence-electron chi connectivity index (χ2n) is 4.01. The van der Waals surface area contributed by atoms with E-state index in [0.29, 0.717) is 24.2 Å². The molecule has 0 saturated heterocycles. The van der Waals surface area contributed by atoms with E-state index in [9.17, 15) is 9.18 Å². The predicted octanol–water partition coefficient (Wildman–Crippen LogP) is 1.46. The van der Waals surface area contributed by atoms with Crippen LogP contribution in [0.1, 0.15) is 22.8 Å². The van der Waals surface area contributed by atoms with Crippen molar-refractivity contribution < 1.29 is 9.18 Å². The quantitative estimate of drug-likeness (QED) is 0.813. The number of carbonyl (C=O) groups is 1. The highest BCUT2D eigenvalue weighted by Crippen LogP contribution is 2.09. The maximum atomic E-state index is 13.0. The lowest BCUT2D eigenvalue weighted by Crippen LogP contribution is -2.31. The number of aryl methyl sites for hydroxylation is 1. The first-order valence-corrected chi connectivity index (χ1v) is 5.29. The number of carbonyl (C=O) groups excluding carboxylic acids is 1. The summed E-state index contributed by atoms with van der Waals surface area (Å²) in [6.45, 7) is 4.65. The number of amides is 1. The highest BCUT2D eigenvalue weighted by molar-refractivity contribution is 5.94. The summed E-state index contributed by atoms with van der Waals surface area (Å²) in [5.41, 5.74) is 6.39. The molecule has 1 unspecified atom stereocenters. The van der Waals surface area contributed by atoms with E-state index < -0.39 is 0 Å². The van der Waals surface area contributed by atoms with Crippen LogP contribution in [0.25, 0.3) is 0 Å². The first-order valence-electron chi connectivity index (χ1n) is 5.29. The zero-order valence-corrected chi connectivity index (χ0v) is 9.59. The summed E-state index contributed by atoms with van der Waals surface area (Å²) in [6.07, 6.45) is 0. The zero-order chi connectivity index (χ0) is 12.1. The highest BCUT2D eigenvalue weighted by Gasteiger charge is 2.08. The number of benzene rings is 1. The fourth-order valence-corrected chi connectivity index (χ4v) is 1.24. The van der Waals surface area contributed by atoms with Gasteiger partial charge in [-0.05, 0) is 43.1 Å². The fraction of sp³-hybridized carbons (Fsp3) is 0.417. The number of halogens is 1.